The van der Waals surface area contributed by atoms with E-state index in [1.54, 1.807) is 12.1 Å². The average Bonchev–Trinajstić information content (AvgIpc) is 2.98. The largest absolute Gasteiger partial charge is 0.355 e. The number of piperidine rings is 1. The zero-order chi connectivity index (χ0) is 17.7. The van der Waals surface area contributed by atoms with E-state index >= 15 is 0 Å². The van der Waals surface area contributed by atoms with Crippen molar-refractivity contribution in [3.63, 3.8) is 0 Å². The molecule has 134 valence electrons. The number of rotatable bonds is 6. The summed E-state index contributed by atoms with van der Waals surface area (Å²) in [4.78, 5) is 22.8. The Bertz CT molecular complexity index is 697. The Hall–Kier alpha value is -0.970. The van der Waals surface area contributed by atoms with Crippen molar-refractivity contribution < 1.29 is 18.0 Å². The fourth-order valence-corrected chi connectivity index (χ4v) is 6.12. The summed E-state index contributed by atoms with van der Waals surface area (Å²) in [7, 11) is -3.48. The summed E-state index contributed by atoms with van der Waals surface area (Å²) in [6, 6.07) is 3.30. The van der Waals surface area contributed by atoms with Crippen LogP contribution in [0.1, 0.15) is 19.8 Å². The number of halogens is 1. The van der Waals surface area contributed by atoms with Gasteiger partial charge in [-0.25, -0.2) is 8.42 Å². The van der Waals surface area contributed by atoms with Crippen molar-refractivity contribution in [3.05, 3.63) is 15.9 Å². The molecule has 1 aromatic rings. The van der Waals surface area contributed by atoms with Crippen LogP contribution in [0, 0.1) is 5.92 Å². The number of sulfonamides is 1. The van der Waals surface area contributed by atoms with E-state index in [-0.39, 0.29) is 17.7 Å². The molecule has 1 aliphatic rings. The Balaban J connectivity index is 1.82. The highest BCUT2D eigenvalue weighted by molar-refractivity contribution is 9.11. The van der Waals surface area contributed by atoms with E-state index in [4.69, 9.17) is 0 Å². The van der Waals surface area contributed by atoms with E-state index in [1.807, 2.05) is 0 Å². The van der Waals surface area contributed by atoms with Crippen LogP contribution in [0.3, 0.4) is 0 Å². The van der Waals surface area contributed by atoms with Gasteiger partial charge in [-0.05, 0) is 40.9 Å². The molecular formula is C14H20BrN3O4S2. The zero-order valence-electron chi connectivity index (χ0n) is 13.2. The number of nitrogens with zero attached hydrogens (tertiary/aromatic N) is 1. The first-order chi connectivity index (χ1) is 11.3. The van der Waals surface area contributed by atoms with Crippen LogP contribution in [0.4, 0.5) is 0 Å². The summed E-state index contributed by atoms with van der Waals surface area (Å²) in [5.41, 5.74) is 0. The smallest absolute Gasteiger partial charge is 0.252 e. The lowest BCUT2D eigenvalue weighted by molar-refractivity contribution is -0.126. The summed E-state index contributed by atoms with van der Waals surface area (Å²) < 4.78 is 27.6. The normalized spacial score (nSPS) is 16.8. The molecule has 2 heterocycles. The molecule has 1 saturated heterocycles. The van der Waals surface area contributed by atoms with Crippen molar-refractivity contribution in [1.29, 1.82) is 0 Å². The van der Waals surface area contributed by atoms with Gasteiger partial charge < -0.3 is 10.6 Å². The van der Waals surface area contributed by atoms with Crippen LogP contribution in [0.5, 0.6) is 0 Å². The second kappa shape index (κ2) is 8.41. The Kier molecular flexibility index (Phi) is 6.79. The fourth-order valence-electron chi connectivity index (χ4n) is 2.49. The number of hydrogen-bond acceptors (Lipinski definition) is 5. The minimum atomic E-state index is -3.48. The van der Waals surface area contributed by atoms with E-state index in [9.17, 15) is 18.0 Å². The molecule has 0 unspecified atom stereocenters. The van der Waals surface area contributed by atoms with Crippen LogP contribution in [-0.4, -0.2) is 50.7 Å². The van der Waals surface area contributed by atoms with Crippen molar-refractivity contribution in [3.8, 4) is 0 Å². The van der Waals surface area contributed by atoms with Gasteiger partial charge in [0, 0.05) is 39.0 Å². The molecule has 7 nitrogen and oxygen atoms in total. The van der Waals surface area contributed by atoms with Crippen molar-refractivity contribution >= 4 is 49.1 Å². The molecule has 0 atom stereocenters. The molecule has 1 aliphatic heterocycles. The molecule has 10 heteroatoms. The Labute approximate surface area is 154 Å². The average molecular weight is 438 g/mol. The van der Waals surface area contributed by atoms with Gasteiger partial charge in [-0.3, -0.25) is 9.59 Å². The predicted molar refractivity (Wildman–Crippen MR) is 95.2 cm³/mol. The number of amides is 2. The molecule has 24 heavy (non-hydrogen) atoms. The minimum Gasteiger partial charge on any atom is -0.355 e. The van der Waals surface area contributed by atoms with E-state index in [0.717, 1.165) is 3.79 Å². The maximum absolute atomic E-state index is 12.5. The third kappa shape index (κ3) is 5.01. The molecule has 0 spiro atoms. The highest BCUT2D eigenvalue weighted by Crippen LogP contribution is 2.30. The van der Waals surface area contributed by atoms with E-state index in [0.29, 0.717) is 43.2 Å². The number of hydrogen-bond donors (Lipinski definition) is 2. The maximum atomic E-state index is 12.5. The van der Waals surface area contributed by atoms with Gasteiger partial charge in [-0.1, -0.05) is 0 Å². The van der Waals surface area contributed by atoms with Crippen LogP contribution in [0.25, 0.3) is 0 Å². The van der Waals surface area contributed by atoms with Gasteiger partial charge >= 0.3 is 0 Å². The SMILES string of the molecule is CC(=O)NCCNC(=O)C1CCN(S(=O)(=O)c2ccc(Br)s2)CC1. The van der Waals surface area contributed by atoms with Crippen molar-refractivity contribution in [2.45, 2.75) is 24.0 Å². The third-order valence-electron chi connectivity index (χ3n) is 3.77. The van der Waals surface area contributed by atoms with Crippen molar-refractivity contribution in [1.82, 2.24) is 14.9 Å². The lowest BCUT2D eigenvalue weighted by Gasteiger charge is -2.30. The Morgan fingerprint density at radius 1 is 1.25 bits per heavy atom. The lowest BCUT2D eigenvalue weighted by Crippen LogP contribution is -2.44. The highest BCUT2D eigenvalue weighted by atomic mass is 79.9. The molecule has 0 saturated carbocycles. The molecule has 2 N–H and O–H groups in total. The van der Waals surface area contributed by atoms with Gasteiger partial charge in [-0.15, -0.1) is 11.3 Å². The van der Waals surface area contributed by atoms with Gasteiger partial charge in [0.15, 0.2) is 0 Å². The molecule has 0 aliphatic carbocycles. The first kappa shape index (κ1) is 19.4. The van der Waals surface area contributed by atoms with Crippen molar-refractivity contribution in [2.75, 3.05) is 26.2 Å². The van der Waals surface area contributed by atoms with Gasteiger partial charge in [0.1, 0.15) is 4.21 Å². The number of nitrogens with one attached hydrogen (secondary N) is 2. The molecule has 2 rings (SSSR count). The molecule has 0 aromatic carbocycles. The zero-order valence-corrected chi connectivity index (χ0v) is 16.5. The van der Waals surface area contributed by atoms with Crippen LogP contribution < -0.4 is 10.6 Å². The second-order valence-electron chi connectivity index (χ2n) is 5.51. The number of carbonyl (C=O) groups is 2. The third-order valence-corrected chi connectivity index (χ3v) is 7.76. The van der Waals surface area contributed by atoms with E-state index in [2.05, 4.69) is 26.6 Å². The minimum absolute atomic E-state index is 0.0868. The second-order valence-corrected chi connectivity index (χ2v) is 10.1. The summed E-state index contributed by atoms with van der Waals surface area (Å²) >= 11 is 4.46. The van der Waals surface area contributed by atoms with Crippen LogP contribution in [0.2, 0.25) is 0 Å². The van der Waals surface area contributed by atoms with E-state index in [1.165, 1.54) is 22.6 Å². The van der Waals surface area contributed by atoms with E-state index < -0.39 is 10.0 Å². The predicted octanol–water partition coefficient (Wildman–Crippen LogP) is 1.16. The van der Waals surface area contributed by atoms with Crippen LogP contribution >= 0.6 is 27.3 Å². The number of carbonyl (C=O) groups excluding carboxylic acids is 2. The molecule has 1 fully saturated rings. The van der Waals surface area contributed by atoms with Gasteiger partial charge in [0.25, 0.3) is 10.0 Å². The number of thiophene rings is 1. The van der Waals surface area contributed by atoms with Crippen LogP contribution in [0.15, 0.2) is 20.1 Å². The maximum Gasteiger partial charge on any atom is 0.252 e. The monoisotopic (exact) mass is 437 g/mol. The Morgan fingerprint density at radius 2 is 1.88 bits per heavy atom. The lowest BCUT2D eigenvalue weighted by atomic mass is 9.97. The molecule has 0 radical (unpaired) electrons. The topological polar surface area (TPSA) is 95.6 Å². The molecule has 0 bridgehead atoms. The summed E-state index contributed by atoms with van der Waals surface area (Å²) in [6.07, 6.45) is 0.996. The Morgan fingerprint density at radius 3 is 2.42 bits per heavy atom. The van der Waals surface area contributed by atoms with Crippen molar-refractivity contribution in [2.24, 2.45) is 5.92 Å². The van der Waals surface area contributed by atoms with Gasteiger partial charge in [-0.2, -0.15) is 4.31 Å². The summed E-state index contributed by atoms with van der Waals surface area (Å²) in [6.45, 7) is 2.86. The molecule has 2 amide bonds. The summed E-state index contributed by atoms with van der Waals surface area (Å²) in [5, 5.41) is 5.38. The quantitative estimate of drug-likeness (QED) is 0.652. The van der Waals surface area contributed by atoms with Gasteiger partial charge in [0.05, 0.1) is 3.79 Å². The fraction of sp³-hybridized carbons (Fsp3) is 0.571. The highest BCUT2D eigenvalue weighted by Gasteiger charge is 2.32. The molecule has 1 aromatic heterocycles. The first-order valence-electron chi connectivity index (χ1n) is 7.58. The summed E-state index contributed by atoms with van der Waals surface area (Å²) in [5.74, 6) is -0.414. The van der Waals surface area contributed by atoms with Crippen LogP contribution in [-0.2, 0) is 19.6 Å². The standard InChI is InChI=1S/C14H20BrN3O4S2/c1-10(19)16-6-7-17-14(20)11-4-8-18(9-5-11)24(21,22)13-3-2-12(15)23-13/h2-3,11H,4-9H2,1H3,(H,16,19)(H,17,20). The first-order valence-corrected chi connectivity index (χ1v) is 10.6. The molecular weight excluding hydrogens is 418 g/mol. The van der Waals surface area contributed by atoms with Gasteiger partial charge in [0.2, 0.25) is 11.8 Å².